The molecule has 0 aliphatic carbocycles. The predicted molar refractivity (Wildman–Crippen MR) is 97.1 cm³/mol. The molecular weight excluding hydrogens is 352 g/mol. The van der Waals surface area contributed by atoms with E-state index in [4.69, 9.17) is 33.5 Å². The molecule has 0 saturated carbocycles. The van der Waals surface area contributed by atoms with Gasteiger partial charge in [-0.2, -0.15) is 0 Å². The molecule has 1 aromatic carbocycles. The summed E-state index contributed by atoms with van der Waals surface area (Å²) in [6.45, 7) is 6.15. The van der Waals surface area contributed by atoms with Crippen LogP contribution < -0.4 is 0 Å². The van der Waals surface area contributed by atoms with E-state index in [-0.39, 0.29) is 38.1 Å². The van der Waals surface area contributed by atoms with Gasteiger partial charge >= 0.3 is 0 Å². The second-order valence-corrected chi connectivity index (χ2v) is 7.30. The van der Waals surface area contributed by atoms with Crippen LogP contribution >= 0.6 is 0 Å². The highest BCUT2D eigenvalue weighted by Crippen LogP contribution is 2.40. The van der Waals surface area contributed by atoms with Crippen LogP contribution in [0, 0.1) is 0 Å². The van der Waals surface area contributed by atoms with Crippen molar-refractivity contribution in [2.45, 2.75) is 63.4 Å². The second-order valence-electron chi connectivity index (χ2n) is 7.30. The van der Waals surface area contributed by atoms with Gasteiger partial charge < -0.3 is 33.5 Å². The minimum atomic E-state index is -0.710. The number of ether oxygens (including phenoxy) is 6. The normalized spacial score (nSPS) is 31.6. The van der Waals surface area contributed by atoms with E-state index in [0.29, 0.717) is 0 Å². The SMILES string of the molecule is COC1C2OC(C)(C)O[C@H]2O[C@@H]1C(COCCO)OC(C)c1ccccc1. The van der Waals surface area contributed by atoms with Gasteiger partial charge in [-0.1, -0.05) is 30.3 Å². The van der Waals surface area contributed by atoms with E-state index in [1.807, 2.05) is 51.1 Å². The van der Waals surface area contributed by atoms with Crippen LogP contribution in [0.4, 0.5) is 0 Å². The second kappa shape index (κ2) is 8.96. The molecule has 2 fully saturated rings. The van der Waals surface area contributed by atoms with Crippen LogP contribution in [0.1, 0.15) is 32.4 Å². The van der Waals surface area contributed by atoms with Crippen molar-refractivity contribution in [1.82, 2.24) is 0 Å². The maximum absolute atomic E-state index is 9.03. The first-order chi connectivity index (χ1) is 12.9. The number of fused-ring (bicyclic) bond motifs is 1. The average Bonchev–Trinajstić information content (AvgIpc) is 3.12. The van der Waals surface area contributed by atoms with Gasteiger partial charge in [0.2, 0.25) is 0 Å². The van der Waals surface area contributed by atoms with Crippen molar-refractivity contribution in [2.75, 3.05) is 26.9 Å². The van der Waals surface area contributed by atoms with E-state index in [0.717, 1.165) is 5.56 Å². The first-order valence-electron chi connectivity index (χ1n) is 9.38. The van der Waals surface area contributed by atoms with E-state index < -0.39 is 24.3 Å². The van der Waals surface area contributed by atoms with E-state index in [2.05, 4.69) is 0 Å². The van der Waals surface area contributed by atoms with E-state index in [9.17, 15) is 0 Å². The highest BCUT2D eigenvalue weighted by atomic mass is 16.8. The van der Waals surface area contributed by atoms with Crippen LogP contribution in [0.2, 0.25) is 0 Å². The van der Waals surface area contributed by atoms with E-state index in [1.165, 1.54) is 0 Å². The lowest BCUT2D eigenvalue weighted by Gasteiger charge is -2.32. The van der Waals surface area contributed by atoms with E-state index >= 15 is 0 Å². The number of aliphatic hydroxyl groups is 1. The van der Waals surface area contributed by atoms with Gasteiger partial charge in [0, 0.05) is 7.11 Å². The van der Waals surface area contributed by atoms with Crippen molar-refractivity contribution in [3.8, 4) is 0 Å². The van der Waals surface area contributed by atoms with Gasteiger partial charge in [0.15, 0.2) is 12.1 Å². The van der Waals surface area contributed by atoms with Crippen LogP contribution in [-0.4, -0.2) is 68.5 Å². The largest absolute Gasteiger partial charge is 0.394 e. The lowest BCUT2D eigenvalue weighted by atomic mass is 10.0. The quantitative estimate of drug-likeness (QED) is 0.655. The number of rotatable bonds is 9. The predicted octanol–water partition coefficient (Wildman–Crippen LogP) is 2.03. The molecule has 2 heterocycles. The van der Waals surface area contributed by atoms with Gasteiger partial charge in [-0.25, -0.2) is 0 Å². The topological polar surface area (TPSA) is 75.6 Å². The summed E-state index contributed by atoms with van der Waals surface area (Å²) in [5, 5.41) is 9.03. The van der Waals surface area contributed by atoms with E-state index in [1.54, 1.807) is 7.11 Å². The summed E-state index contributed by atoms with van der Waals surface area (Å²) in [6.07, 6.45) is -2.16. The summed E-state index contributed by atoms with van der Waals surface area (Å²) in [6, 6.07) is 9.96. The average molecular weight is 382 g/mol. The first-order valence-corrected chi connectivity index (χ1v) is 9.38. The Hall–Kier alpha value is -1.06. The van der Waals surface area contributed by atoms with Crippen molar-refractivity contribution < 1.29 is 33.5 Å². The zero-order valence-corrected chi connectivity index (χ0v) is 16.4. The zero-order valence-electron chi connectivity index (χ0n) is 16.4. The Kier molecular flexibility index (Phi) is 6.86. The molecular formula is C20H30O7. The fourth-order valence-electron chi connectivity index (χ4n) is 3.61. The number of hydrogen-bond donors (Lipinski definition) is 1. The summed E-state index contributed by atoms with van der Waals surface area (Å²) < 4.78 is 35.5. The molecule has 0 radical (unpaired) electrons. The molecule has 2 saturated heterocycles. The summed E-state index contributed by atoms with van der Waals surface area (Å²) in [5.41, 5.74) is 1.06. The Morgan fingerprint density at radius 3 is 2.59 bits per heavy atom. The molecule has 4 unspecified atom stereocenters. The van der Waals surface area contributed by atoms with Gasteiger partial charge in [0.25, 0.3) is 0 Å². The van der Waals surface area contributed by atoms with Crippen LogP contribution in [0.25, 0.3) is 0 Å². The molecule has 6 atom stereocenters. The minimum Gasteiger partial charge on any atom is -0.394 e. The Balaban J connectivity index is 1.72. The summed E-state index contributed by atoms with van der Waals surface area (Å²) in [7, 11) is 1.63. The third-order valence-corrected chi connectivity index (χ3v) is 4.83. The molecule has 2 aliphatic heterocycles. The lowest BCUT2D eigenvalue weighted by molar-refractivity contribution is -0.238. The molecule has 1 N–H and O–H groups in total. The van der Waals surface area contributed by atoms with Gasteiger partial charge in [-0.15, -0.1) is 0 Å². The molecule has 7 nitrogen and oxygen atoms in total. The summed E-state index contributed by atoms with van der Waals surface area (Å²) in [5.74, 6) is -0.710. The van der Waals surface area contributed by atoms with Gasteiger partial charge in [-0.3, -0.25) is 0 Å². The Bertz CT molecular complexity index is 579. The molecule has 7 heteroatoms. The molecule has 2 aliphatic rings. The Morgan fingerprint density at radius 1 is 1.19 bits per heavy atom. The van der Waals surface area contributed by atoms with Gasteiger partial charge in [0.1, 0.15) is 24.4 Å². The molecule has 0 bridgehead atoms. The maximum atomic E-state index is 9.03. The van der Waals surface area contributed by atoms with Crippen LogP contribution in [-0.2, 0) is 28.4 Å². The Morgan fingerprint density at radius 2 is 1.93 bits per heavy atom. The summed E-state index contributed by atoms with van der Waals surface area (Å²) in [4.78, 5) is 0. The molecule has 27 heavy (non-hydrogen) atoms. The van der Waals surface area contributed by atoms with Gasteiger partial charge in [-0.05, 0) is 26.3 Å². The molecule has 0 spiro atoms. The van der Waals surface area contributed by atoms with Crippen molar-refractivity contribution in [3.63, 3.8) is 0 Å². The molecule has 0 amide bonds. The highest BCUT2D eigenvalue weighted by Gasteiger charge is 2.57. The third-order valence-electron chi connectivity index (χ3n) is 4.83. The molecule has 1 aromatic rings. The fraction of sp³-hybridized carbons (Fsp3) is 0.700. The maximum Gasteiger partial charge on any atom is 0.190 e. The Labute approximate surface area is 160 Å². The van der Waals surface area contributed by atoms with Crippen molar-refractivity contribution >= 4 is 0 Å². The number of hydrogen-bond acceptors (Lipinski definition) is 7. The van der Waals surface area contributed by atoms with Crippen molar-refractivity contribution in [3.05, 3.63) is 35.9 Å². The van der Waals surface area contributed by atoms with Gasteiger partial charge in [0.05, 0.1) is 25.9 Å². The van der Waals surface area contributed by atoms with Crippen LogP contribution in [0.15, 0.2) is 30.3 Å². The number of aliphatic hydroxyl groups excluding tert-OH is 1. The monoisotopic (exact) mass is 382 g/mol. The third kappa shape index (κ3) is 4.86. The van der Waals surface area contributed by atoms with Crippen LogP contribution in [0.5, 0.6) is 0 Å². The number of methoxy groups -OCH3 is 1. The minimum absolute atomic E-state index is 0.0498. The summed E-state index contributed by atoms with van der Waals surface area (Å²) >= 11 is 0. The fourth-order valence-corrected chi connectivity index (χ4v) is 3.61. The van der Waals surface area contributed by atoms with Crippen molar-refractivity contribution in [1.29, 1.82) is 0 Å². The smallest absolute Gasteiger partial charge is 0.190 e. The highest BCUT2D eigenvalue weighted by molar-refractivity contribution is 5.17. The lowest BCUT2D eigenvalue weighted by Crippen LogP contribution is -2.45. The molecule has 0 aromatic heterocycles. The standard InChI is InChI=1S/C20H30O7/c1-13(14-8-6-5-7-9-14)24-15(12-23-11-10-21)16-17(22-4)18-19(25-16)27-20(2,3)26-18/h5-9,13,15-19,21H,10-12H2,1-4H3/t13?,15?,16-,17?,18?,19-/m1/s1. The number of benzene rings is 1. The molecule has 152 valence electrons. The zero-order chi connectivity index (χ0) is 19.4. The van der Waals surface area contributed by atoms with Crippen LogP contribution in [0.3, 0.4) is 0 Å². The van der Waals surface area contributed by atoms with Crippen molar-refractivity contribution in [2.24, 2.45) is 0 Å². The molecule has 3 rings (SSSR count). The first kappa shape index (κ1) is 20.7.